The molecule has 0 N–H and O–H groups in total. The summed E-state index contributed by atoms with van der Waals surface area (Å²) in [6, 6.07) is 6.78. The Kier molecular flexibility index (Phi) is 12.8. The van der Waals surface area contributed by atoms with E-state index in [1.165, 1.54) is 60.5 Å². The molecule has 0 fully saturated rings. The molecule has 0 aliphatic carbocycles. The Morgan fingerprint density at radius 2 is 1.14 bits per heavy atom. The van der Waals surface area contributed by atoms with Crippen LogP contribution < -0.4 is 9.47 Å². The molecule has 0 saturated carbocycles. The van der Waals surface area contributed by atoms with Crippen LogP contribution in [0.25, 0.3) is 5.57 Å². The van der Waals surface area contributed by atoms with Gasteiger partial charge in [0.05, 0.1) is 38.5 Å². The number of benzene rings is 2. The van der Waals surface area contributed by atoms with E-state index in [0.717, 1.165) is 24.8 Å². The third-order valence-electron chi connectivity index (χ3n) is 6.08. The molecule has 0 bridgehead atoms. The van der Waals surface area contributed by atoms with E-state index in [-0.39, 0.29) is 32.7 Å². The van der Waals surface area contributed by atoms with Gasteiger partial charge < -0.3 is 18.9 Å². The van der Waals surface area contributed by atoms with Crippen LogP contribution >= 0.6 is 23.2 Å². The standard InChI is InChI=1S/C29H36Cl2O6/c1-6-7-8-9-10-11-12-13-14-21(19-15-22(28(32)36-4)26(34-2)24(30)17-19)20-16-23(29(33)37-5)27(35-3)25(31)18-20/h14-18H,6-13H2,1-5H3. The Morgan fingerprint density at radius 1 is 0.703 bits per heavy atom. The molecule has 0 heterocycles. The van der Waals surface area contributed by atoms with E-state index in [1.54, 1.807) is 24.3 Å². The average molecular weight is 552 g/mol. The molecule has 0 amide bonds. The largest absolute Gasteiger partial charge is 0.494 e. The SMILES string of the molecule is CCCCCCCCCC=C(c1cc(Cl)c(OC)c(C(=O)OC)c1)c1cc(Cl)c(OC)c(C(=O)OC)c1. The van der Waals surface area contributed by atoms with E-state index in [9.17, 15) is 9.59 Å². The van der Waals surface area contributed by atoms with Crippen molar-refractivity contribution in [1.29, 1.82) is 0 Å². The maximum Gasteiger partial charge on any atom is 0.341 e. The van der Waals surface area contributed by atoms with Gasteiger partial charge in [-0.25, -0.2) is 9.59 Å². The van der Waals surface area contributed by atoms with Gasteiger partial charge in [-0.2, -0.15) is 0 Å². The topological polar surface area (TPSA) is 71.1 Å². The van der Waals surface area contributed by atoms with E-state index < -0.39 is 11.9 Å². The summed E-state index contributed by atoms with van der Waals surface area (Å²) in [5.41, 5.74) is 2.47. The van der Waals surface area contributed by atoms with Gasteiger partial charge in [-0.1, -0.05) is 74.7 Å². The number of hydrogen-bond donors (Lipinski definition) is 0. The molecule has 37 heavy (non-hydrogen) atoms. The number of allylic oxidation sites excluding steroid dienone is 1. The van der Waals surface area contributed by atoms with Crippen molar-refractivity contribution >= 4 is 40.7 Å². The Morgan fingerprint density at radius 3 is 1.54 bits per heavy atom. The predicted octanol–water partition coefficient (Wildman–Crippen LogP) is 8.16. The summed E-state index contributed by atoms with van der Waals surface area (Å²) >= 11 is 13.0. The molecule has 2 aromatic rings. The van der Waals surface area contributed by atoms with Crippen molar-refractivity contribution in [3.05, 3.63) is 62.6 Å². The summed E-state index contributed by atoms with van der Waals surface area (Å²) in [5, 5.41) is 0.519. The first-order valence-corrected chi connectivity index (χ1v) is 13.2. The molecule has 202 valence electrons. The number of methoxy groups -OCH3 is 4. The zero-order chi connectivity index (χ0) is 27.4. The molecule has 0 unspecified atom stereocenters. The van der Waals surface area contributed by atoms with Crippen LogP contribution in [-0.4, -0.2) is 40.4 Å². The molecular weight excluding hydrogens is 515 g/mol. The van der Waals surface area contributed by atoms with Crippen molar-refractivity contribution in [2.24, 2.45) is 0 Å². The van der Waals surface area contributed by atoms with Crippen LogP contribution in [0.1, 0.15) is 90.1 Å². The molecule has 0 aliphatic rings. The minimum absolute atomic E-state index is 0.196. The molecular formula is C29H36Cl2O6. The van der Waals surface area contributed by atoms with Gasteiger partial charge in [-0.05, 0) is 53.8 Å². The fourth-order valence-corrected chi connectivity index (χ4v) is 4.78. The minimum Gasteiger partial charge on any atom is -0.494 e. The van der Waals surface area contributed by atoms with Crippen LogP contribution in [0, 0.1) is 0 Å². The van der Waals surface area contributed by atoms with Gasteiger partial charge in [-0.15, -0.1) is 0 Å². The smallest absolute Gasteiger partial charge is 0.341 e. The van der Waals surface area contributed by atoms with Crippen LogP contribution in [0.2, 0.25) is 10.0 Å². The summed E-state index contributed by atoms with van der Waals surface area (Å²) in [5.74, 6) is -0.691. The zero-order valence-electron chi connectivity index (χ0n) is 22.2. The number of carbonyl (C=O) groups excluding carboxylic acids is 2. The van der Waals surface area contributed by atoms with E-state index in [2.05, 4.69) is 13.0 Å². The van der Waals surface area contributed by atoms with Gasteiger partial charge in [0.1, 0.15) is 11.1 Å². The third-order valence-corrected chi connectivity index (χ3v) is 6.65. The highest BCUT2D eigenvalue weighted by Crippen LogP contribution is 2.39. The van der Waals surface area contributed by atoms with Crippen molar-refractivity contribution in [3.63, 3.8) is 0 Å². The second-order valence-electron chi connectivity index (χ2n) is 8.59. The molecule has 0 atom stereocenters. The first-order chi connectivity index (χ1) is 17.8. The minimum atomic E-state index is -0.574. The van der Waals surface area contributed by atoms with Gasteiger partial charge in [0, 0.05) is 0 Å². The van der Waals surface area contributed by atoms with Gasteiger partial charge in [-0.3, -0.25) is 0 Å². The molecule has 0 saturated heterocycles. The quantitative estimate of drug-likeness (QED) is 0.174. The van der Waals surface area contributed by atoms with E-state index in [1.807, 2.05) is 0 Å². The van der Waals surface area contributed by atoms with Gasteiger partial charge >= 0.3 is 11.9 Å². The second-order valence-corrected chi connectivity index (χ2v) is 9.40. The maximum atomic E-state index is 12.5. The fraction of sp³-hybridized carbons (Fsp3) is 0.448. The molecule has 0 radical (unpaired) electrons. The zero-order valence-corrected chi connectivity index (χ0v) is 23.8. The van der Waals surface area contributed by atoms with Crippen LogP contribution in [0.3, 0.4) is 0 Å². The first kappa shape index (κ1) is 30.5. The highest BCUT2D eigenvalue weighted by molar-refractivity contribution is 6.33. The molecule has 0 spiro atoms. The highest BCUT2D eigenvalue weighted by Gasteiger charge is 2.22. The number of carbonyl (C=O) groups is 2. The Labute approximate surface area is 229 Å². The number of ether oxygens (including phenoxy) is 4. The van der Waals surface area contributed by atoms with E-state index in [4.69, 9.17) is 42.1 Å². The lowest BCUT2D eigenvalue weighted by Gasteiger charge is -2.17. The van der Waals surface area contributed by atoms with Crippen molar-refractivity contribution in [1.82, 2.24) is 0 Å². The fourth-order valence-electron chi connectivity index (χ4n) is 4.19. The molecule has 6 nitrogen and oxygen atoms in total. The Hall–Kier alpha value is -2.70. The molecule has 2 aromatic carbocycles. The van der Waals surface area contributed by atoms with Crippen molar-refractivity contribution < 1.29 is 28.5 Å². The van der Waals surface area contributed by atoms with Crippen LogP contribution in [0.15, 0.2) is 30.3 Å². The summed E-state index contributed by atoms with van der Waals surface area (Å²) in [7, 11) is 5.48. The predicted molar refractivity (Wildman–Crippen MR) is 148 cm³/mol. The lowest BCUT2D eigenvalue weighted by molar-refractivity contribution is 0.0588. The summed E-state index contributed by atoms with van der Waals surface area (Å²) in [6.07, 6.45) is 11.1. The highest BCUT2D eigenvalue weighted by atomic mass is 35.5. The van der Waals surface area contributed by atoms with E-state index in [0.29, 0.717) is 11.1 Å². The Bertz CT molecular complexity index is 1030. The lowest BCUT2D eigenvalue weighted by atomic mass is 9.93. The number of esters is 2. The van der Waals surface area contributed by atoms with Gasteiger partial charge in [0.2, 0.25) is 0 Å². The maximum absolute atomic E-state index is 12.5. The lowest BCUT2D eigenvalue weighted by Crippen LogP contribution is -2.07. The summed E-state index contributed by atoms with van der Waals surface area (Å²) < 4.78 is 20.6. The molecule has 8 heteroatoms. The molecule has 0 aromatic heterocycles. The third kappa shape index (κ3) is 8.14. The van der Waals surface area contributed by atoms with E-state index >= 15 is 0 Å². The summed E-state index contributed by atoms with van der Waals surface area (Å²) in [6.45, 7) is 2.21. The number of rotatable bonds is 14. The molecule has 0 aliphatic heterocycles. The van der Waals surface area contributed by atoms with Gasteiger partial charge in [0.15, 0.2) is 11.5 Å². The Balaban J connectivity index is 2.56. The van der Waals surface area contributed by atoms with Gasteiger partial charge in [0.25, 0.3) is 0 Å². The monoisotopic (exact) mass is 550 g/mol. The first-order valence-electron chi connectivity index (χ1n) is 12.4. The summed E-state index contributed by atoms with van der Waals surface area (Å²) in [4.78, 5) is 25.0. The van der Waals surface area contributed by atoms with Crippen LogP contribution in [-0.2, 0) is 9.47 Å². The second kappa shape index (κ2) is 15.5. The van der Waals surface area contributed by atoms with Crippen molar-refractivity contribution in [2.45, 2.75) is 58.3 Å². The normalized spacial score (nSPS) is 10.6. The van der Waals surface area contributed by atoms with Crippen molar-refractivity contribution in [2.75, 3.05) is 28.4 Å². The number of unbranched alkanes of at least 4 members (excludes halogenated alkanes) is 7. The van der Waals surface area contributed by atoms with Crippen LogP contribution in [0.5, 0.6) is 11.5 Å². The van der Waals surface area contributed by atoms with Crippen molar-refractivity contribution in [3.8, 4) is 11.5 Å². The average Bonchev–Trinajstić information content (AvgIpc) is 2.90. The number of halogens is 2. The molecule has 2 rings (SSSR count). The van der Waals surface area contributed by atoms with Crippen LogP contribution in [0.4, 0.5) is 0 Å². The number of hydrogen-bond acceptors (Lipinski definition) is 6.